The molecule has 3 rings (SSSR count). The smallest absolute Gasteiger partial charge is 0.123 e. The monoisotopic (exact) mass is 342 g/mol. The highest BCUT2D eigenvalue weighted by Gasteiger charge is 2.30. The Balaban J connectivity index is 1.65. The highest BCUT2D eigenvalue weighted by molar-refractivity contribution is 5.19. The minimum Gasteiger partial charge on any atom is -0.392 e. The zero-order valence-electron chi connectivity index (χ0n) is 14.6. The topological polar surface area (TPSA) is 28.4 Å². The number of halogens is 1. The fraction of sp³-hybridized carbons (Fsp3) is 0.429. The van der Waals surface area contributed by atoms with E-state index in [0.717, 1.165) is 24.9 Å². The fourth-order valence-corrected chi connectivity index (χ4v) is 3.24. The van der Waals surface area contributed by atoms with Crippen molar-refractivity contribution >= 4 is 0 Å². The Morgan fingerprint density at radius 1 is 1.32 bits per heavy atom. The van der Waals surface area contributed by atoms with E-state index in [9.17, 15) is 9.50 Å². The van der Waals surface area contributed by atoms with Crippen LogP contribution in [0.1, 0.15) is 36.9 Å². The number of aliphatic hydroxyl groups is 1. The fourth-order valence-electron chi connectivity index (χ4n) is 3.24. The van der Waals surface area contributed by atoms with Gasteiger partial charge in [0.25, 0.3) is 0 Å². The van der Waals surface area contributed by atoms with E-state index in [2.05, 4.69) is 22.1 Å². The Morgan fingerprint density at radius 2 is 2.16 bits per heavy atom. The molecule has 1 aliphatic rings. The predicted octanol–water partition coefficient (Wildman–Crippen LogP) is 3.97. The largest absolute Gasteiger partial charge is 0.392 e. The van der Waals surface area contributed by atoms with Crippen LogP contribution in [-0.4, -0.2) is 33.3 Å². The summed E-state index contributed by atoms with van der Waals surface area (Å²) in [6.45, 7) is 5.90. The molecule has 0 saturated heterocycles. The Hall–Kier alpha value is -1.91. The zero-order chi connectivity index (χ0) is 17.6. The maximum absolute atomic E-state index is 13.4. The highest BCUT2D eigenvalue weighted by atomic mass is 19.1. The number of rotatable bonds is 10. The molecular weight excluding hydrogens is 315 g/mol. The summed E-state index contributed by atoms with van der Waals surface area (Å²) in [4.78, 5) is 2.38. The quantitative estimate of drug-likeness (QED) is 0.662. The van der Waals surface area contributed by atoms with Gasteiger partial charge in [0.15, 0.2) is 0 Å². The van der Waals surface area contributed by atoms with Gasteiger partial charge in [-0.3, -0.25) is 4.90 Å². The molecule has 2 aromatic rings. The van der Waals surface area contributed by atoms with Gasteiger partial charge >= 0.3 is 0 Å². The molecule has 0 amide bonds. The third kappa shape index (κ3) is 5.28. The van der Waals surface area contributed by atoms with Crippen LogP contribution in [-0.2, 0) is 13.1 Å². The Bertz CT molecular complexity index is 693. The van der Waals surface area contributed by atoms with Crippen LogP contribution in [0.4, 0.5) is 4.39 Å². The predicted molar refractivity (Wildman–Crippen MR) is 98.8 cm³/mol. The standard InChI is InChI=1S/C21H27FN2O/c1-2-3-9-21(25)16-24(19-10-11-19)15-20-8-5-12-23(20)14-17-6-4-7-18(22)13-17/h2,4-8,12-13,19,21,25H,1,3,9-11,14-16H2/t21-/m0/s1. The molecule has 3 nitrogen and oxygen atoms in total. The van der Waals surface area contributed by atoms with Crippen molar-refractivity contribution in [1.29, 1.82) is 0 Å². The van der Waals surface area contributed by atoms with Gasteiger partial charge < -0.3 is 9.67 Å². The molecule has 0 unspecified atom stereocenters. The summed E-state index contributed by atoms with van der Waals surface area (Å²) in [5.41, 5.74) is 2.16. The molecule has 4 heteroatoms. The van der Waals surface area contributed by atoms with Crippen LogP contribution in [0.3, 0.4) is 0 Å². The average Bonchev–Trinajstić information content (AvgIpc) is 3.35. The molecule has 1 aromatic heterocycles. The summed E-state index contributed by atoms with van der Waals surface area (Å²) >= 11 is 0. The molecule has 0 spiro atoms. The van der Waals surface area contributed by atoms with Gasteiger partial charge in [0.2, 0.25) is 0 Å². The van der Waals surface area contributed by atoms with Crippen molar-refractivity contribution in [2.45, 2.75) is 50.9 Å². The van der Waals surface area contributed by atoms with Crippen molar-refractivity contribution in [2.24, 2.45) is 0 Å². The van der Waals surface area contributed by atoms with Crippen LogP contribution >= 0.6 is 0 Å². The van der Waals surface area contributed by atoms with Crippen molar-refractivity contribution in [2.75, 3.05) is 6.54 Å². The minimum absolute atomic E-state index is 0.198. The Kier molecular flexibility index (Phi) is 6.05. The van der Waals surface area contributed by atoms with Gasteiger partial charge in [-0.25, -0.2) is 4.39 Å². The van der Waals surface area contributed by atoms with Crippen LogP contribution in [0, 0.1) is 5.82 Å². The summed E-state index contributed by atoms with van der Waals surface area (Å²) in [6.07, 6.45) is 7.60. The van der Waals surface area contributed by atoms with Crippen LogP contribution in [0.5, 0.6) is 0 Å². The molecule has 0 radical (unpaired) electrons. The van der Waals surface area contributed by atoms with E-state index in [1.807, 2.05) is 24.4 Å². The number of aliphatic hydroxyl groups excluding tert-OH is 1. The number of hydrogen-bond donors (Lipinski definition) is 1. The molecule has 1 saturated carbocycles. The molecule has 0 bridgehead atoms. The second kappa shape index (κ2) is 8.45. The summed E-state index contributed by atoms with van der Waals surface area (Å²) in [5, 5.41) is 10.3. The Morgan fingerprint density at radius 3 is 2.88 bits per heavy atom. The molecule has 1 atom stereocenters. The van der Waals surface area contributed by atoms with Gasteiger partial charge in [-0.2, -0.15) is 0 Å². The molecule has 134 valence electrons. The van der Waals surface area contributed by atoms with E-state index in [1.165, 1.54) is 24.6 Å². The van der Waals surface area contributed by atoms with Gasteiger partial charge in [0, 0.05) is 37.6 Å². The third-order valence-electron chi connectivity index (χ3n) is 4.74. The van der Waals surface area contributed by atoms with Crippen molar-refractivity contribution < 1.29 is 9.50 Å². The van der Waals surface area contributed by atoms with Crippen molar-refractivity contribution in [1.82, 2.24) is 9.47 Å². The van der Waals surface area contributed by atoms with E-state index >= 15 is 0 Å². The van der Waals surface area contributed by atoms with E-state index in [-0.39, 0.29) is 11.9 Å². The second-order valence-corrected chi connectivity index (χ2v) is 6.94. The zero-order valence-corrected chi connectivity index (χ0v) is 14.6. The van der Waals surface area contributed by atoms with Crippen LogP contribution in [0.25, 0.3) is 0 Å². The van der Waals surface area contributed by atoms with E-state index < -0.39 is 0 Å². The van der Waals surface area contributed by atoms with Gasteiger partial charge in [-0.15, -0.1) is 6.58 Å². The summed E-state index contributed by atoms with van der Waals surface area (Å²) in [6, 6.07) is 11.5. The lowest BCUT2D eigenvalue weighted by molar-refractivity contribution is 0.0967. The summed E-state index contributed by atoms with van der Waals surface area (Å²) in [7, 11) is 0. The molecule has 1 heterocycles. The van der Waals surface area contributed by atoms with Crippen molar-refractivity contribution in [3.63, 3.8) is 0 Å². The number of aromatic nitrogens is 1. The van der Waals surface area contributed by atoms with Crippen LogP contribution in [0.2, 0.25) is 0 Å². The highest BCUT2D eigenvalue weighted by Crippen LogP contribution is 2.29. The number of hydrogen-bond acceptors (Lipinski definition) is 2. The summed E-state index contributed by atoms with van der Waals surface area (Å²) < 4.78 is 15.6. The number of nitrogens with zero attached hydrogens (tertiary/aromatic N) is 2. The van der Waals surface area contributed by atoms with Gasteiger partial charge in [0.1, 0.15) is 5.82 Å². The lowest BCUT2D eigenvalue weighted by Gasteiger charge is -2.25. The van der Waals surface area contributed by atoms with Gasteiger partial charge in [0.05, 0.1) is 6.10 Å². The molecule has 1 fully saturated rings. The number of allylic oxidation sites excluding steroid dienone is 1. The Labute approximate surface area is 149 Å². The van der Waals surface area contributed by atoms with Gasteiger partial charge in [-0.05, 0) is 55.5 Å². The molecule has 1 aliphatic carbocycles. The molecule has 25 heavy (non-hydrogen) atoms. The molecule has 1 N–H and O–H groups in total. The minimum atomic E-state index is -0.315. The number of benzene rings is 1. The first-order valence-electron chi connectivity index (χ1n) is 9.07. The SMILES string of the molecule is C=CCC[C@H](O)CN(Cc1cccn1Cc1cccc(F)c1)C1CC1. The van der Waals surface area contributed by atoms with E-state index in [4.69, 9.17) is 0 Å². The summed E-state index contributed by atoms with van der Waals surface area (Å²) in [5.74, 6) is -0.198. The van der Waals surface area contributed by atoms with E-state index in [0.29, 0.717) is 19.1 Å². The lowest BCUT2D eigenvalue weighted by Crippen LogP contribution is -2.34. The molecule has 1 aromatic carbocycles. The molecule has 0 aliphatic heterocycles. The first kappa shape index (κ1) is 17.9. The maximum Gasteiger partial charge on any atom is 0.123 e. The van der Waals surface area contributed by atoms with E-state index in [1.54, 1.807) is 12.1 Å². The second-order valence-electron chi connectivity index (χ2n) is 6.94. The first-order chi connectivity index (χ1) is 12.2. The third-order valence-corrected chi connectivity index (χ3v) is 4.74. The maximum atomic E-state index is 13.4. The van der Waals surface area contributed by atoms with Crippen molar-refractivity contribution in [3.05, 3.63) is 72.3 Å². The van der Waals surface area contributed by atoms with Crippen molar-refractivity contribution in [3.8, 4) is 0 Å². The van der Waals surface area contributed by atoms with Crippen LogP contribution in [0.15, 0.2) is 55.3 Å². The lowest BCUT2D eigenvalue weighted by atomic mass is 10.1. The average molecular weight is 342 g/mol. The van der Waals surface area contributed by atoms with Crippen LogP contribution < -0.4 is 0 Å². The normalized spacial score (nSPS) is 15.5. The van der Waals surface area contributed by atoms with Gasteiger partial charge in [-0.1, -0.05) is 18.2 Å². The molecular formula is C21H27FN2O. The first-order valence-corrected chi connectivity index (χ1v) is 9.07.